The van der Waals surface area contributed by atoms with E-state index in [0.29, 0.717) is 28.5 Å². The fourth-order valence-corrected chi connectivity index (χ4v) is 4.05. The Labute approximate surface area is 139 Å². The summed E-state index contributed by atoms with van der Waals surface area (Å²) < 4.78 is 33.2. The molecule has 122 valence electrons. The Morgan fingerprint density at radius 3 is 2.54 bits per heavy atom. The molecule has 0 saturated heterocycles. The summed E-state index contributed by atoms with van der Waals surface area (Å²) in [6, 6.07) is 7.42. The molecule has 2 aromatic heterocycles. The smallest absolute Gasteiger partial charge is 0.393 e. The van der Waals surface area contributed by atoms with Gasteiger partial charge in [0.15, 0.2) is 5.70 Å². The zero-order chi connectivity index (χ0) is 17.2. The Balaban J connectivity index is 2.20. The third-order valence-corrected chi connectivity index (χ3v) is 4.86. The molecule has 0 unspecified atom stereocenters. The summed E-state index contributed by atoms with van der Waals surface area (Å²) in [6.45, 7) is 3.32. The van der Waals surface area contributed by atoms with Gasteiger partial charge in [-0.3, -0.25) is 4.98 Å². The molecule has 2 aliphatic heterocycles. The van der Waals surface area contributed by atoms with Gasteiger partial charge < -0.3 is 17.6 Å². The van der Waals surface area contributed by atoms with Crippen molar-refractivity contribution in [3.63, 3.8) is 0 Å². The minimum Gasteiger partial charge on any atom is -0.393 e. The monoisotopic (exact) mass is 325 g/mol. The van der Waals surface area contributed by atoms with Gasteiger partial charge in [0, 0.05) is 30.5 Å². The molecular weight excluding hydrogens is 307 g/mol. The van der Waals surface area contributed by atoms with Crippen LogP contribution in [0.4, 0.5) is 8.63 Å². The first-order chi connectivity index (χ1) is 11.3. The van der Waals surface area contributed by atoms with E-state index in [1.54, 1.807) is 20.0 Å². The van der Waals surface area contributed by atoms with Crippen LogP contribution < -0.4 is 0 Å². The zero-order valence-corrected chi connectivity index (χ0v) is 14.1. The number of hydrogen-bond donors (Lipinski definition) is 0. The molecule has 0 fully saturated rings. The maximum atomic E-state index is 15.4. The maximum absolute atomic E-state index is 15.4. The Hall–Kier alpha value is -2.50. The van der Waals surface area contributed by atoms with Crippen LogP contribution in [0.15, 0.2) is 47.8 Å². The Kier molecular flexibility index (Phi) is 2.98. The first-order valence-corrected chi connectivity index (χ1v) is 8.02. The number of allylic oxidation sites excluding steroid dienone is 2. The molecule has 6 heteroatoms. The van der Waals surface area contributed by atoms with E-state index in [-0.39, 0.29) is 0 Å². The molecule has 0 radical (unpaired) electrons. The average molecular weight is 325 g/mol. The lowest BCUT2D eigenvalue weighted by atomic mass is 9.85. The van der Waals surface area contributed by atoms with Crippen LogP contribution >= 0.6 is 0 Å². The van der Waals surface area contributed by atoms with Crippen LogP contribution in [0.2, 0.25) is 0 Å². The number of aromatic nitrogens is 2. The highest BCUT2D eigenvalue weighted by Gasteiger charge is 2.55. The predicted octanol–water partition coefficient (Wildman–Crippen LogP) is 3.93. The van der Waals surface area contributed by atoms with Crippen molar-refractivity contribution < 1.29 is 13.1 Å². The van der Waals surface area contributed by atoms with Crippen molar-refractivity contribution in [3.8, 4) is 0 Å². The van der Waals surface area contributed by atoms with E-state index < -0.39 is 6.97 Å². The number of rotatable bonds is 1. The van der Waals surface area contributed by atoms with Gasteiger partial charge in [0.05, 0.1) is 11.3 Å². The van der Waals surface area contributed by atoms with E-state index in [2.05, 4.69) is 4.98 Å². The summed E-state index contributed by atoms with van der Waals surface area (Å²) in [5, 5.41) is 0. The van der Waals surface area contributed by atoms with Crippen molar-refractivity contribution in [2.75, 3.05) is 0 Å². The van der Waals surface area contributed by atoms with Crippen molar-refractivity contribution in [3.05, 3.63) is 70.5 Å². The third kappa shape index (κ3) is 1.77. The normalized spacial score (nSPS) is 18.7. The highest BCUT2D eigenvalue weighted by atomic mass is 19.2. The molecule has 0 aliphatic carbocycles. The Morgan fingerprint density at radius 1 is 1.12 bits per heavy atom. The second-order valence-electron chi connectivity index (χ2n) is 6.55. The second kappa shape index (κ2) is 4.75. The number of fused-ring (bicyclic) bond motifs is 2. The quantitative estimate of drug-likeness (QED) is 0.728. The van der Waals surface area contributed by atoms with Gasteiger partial charge in [-0.15, -0.1) is 0 Å². The van der Waals surface area contributed by atoms with Crippen LogP contribution in [0.1, 0.15) is 36.5 Å². The van der Waals surface area contributed by atoms with Crippen LogP contribution in [0, 0.1) is 13.8 Å². The fourth-order valence-electron chi connectivity index (χ4n) is 4.05. The summed E-state index contributed by atoms with van der Waals surface area (Å²) in [5.74, 6) is 0. The van der Waals surface area contributed by atoms with E-state index >= 15 is 8.63 Å². The van der Waals surface area contributed by atoms with E-state index in [4.69, 9.17) is 0 Å². The lowest BCUT2D eigenvalue weighted by Crippen LogP contribution is -2.51. The van der Waals surface area contributed by atoms with Gasteiger partial charge in [-0.25, -0.2) is 0 Å². The Morgan fingerprint density at radius 2 is 1.88 bits per heavy atom. The second-order valence-corrected chi connectivity index (χ2v) is 6.55. The minimum absolute atomic E-state index is 0.567. The number of pyridine rings is 1. The molecule has 0 amide bonds. The molecule has 0 bridgehead atoms. The maximum Gasteiger partial charge on any atom is 0.737 e. The predicted molar refractivity (Wildman–Crippen MR) is 92.2 cm³/mol. The first kappa shape index (κ1) is 15.1. The van der Waals surface area contributed by atoms with Crippen LogP contribution in [-0.4, -0.2) is 26.6 Å². The molecule has 3 nitrogen and oxygen atoms in total. The molecule has 0 spiro atoms. The average Bonchev–Trinajstić information content (AvgIpc) is 2.98. The van der Waals surface area contributed by atoms with Crippen LogP contribution in [0.5, 0.6) is 0 Å². The largest absolute Gasteiger partial charge is 0.737 e. The van der Waals surface area contributed by atoms with E-state index in [1.165, 1.54) is 8.96 Å². The minimum atomic E-state index is -3.92. The van der Waals surface area contributed by atoms with Gasteiger partial charge in [0.2, 0.25) is 0 Å². The van der Waals surface area contributed by atoms with Crippen molar-refractivity contribution >= 4 is 18.3 Å². The molecule has 4 rings (SSSR count). The third-order valence-electron chi connectivity index (χ3n) is 4.86. The van der Waals surface area contributed by atoms with Crippen molar-refractivity contribution in [2.24, 2.45) is 0 Å². The molecule has 24 heavy (non-hydrogen) atoms. The summed E-state index contributed by atoms with van der Waals surface area (Å²) in [7, 11) is 0. The SMILES string of the molecule is CC1=CC(C)=[N+]2C1=C(c1ccccn1)c1c(C)cc(C)n1[B-]2(F)F. The van der Waals surface area contributed by atoms with Gasteiger partial charge in [-0.05, 0) is 50.2 Å². The molecule has 2 aromatic rings. The molecule has 0 aromatic carbocycles. The number of aryl methyl sites for hydroxylation is 2. The number of hydrogen-bond acceptors (Lipinski definition) is 1. The van der Waals surface area contributed by atoms with Gasteiger partial charge in [-0.1, -0.05) is 6.07 Å². The van der Waals surface area contributed by atoms with E-state index in [1.807, 2.05) is 44.2 Å². The highest BCUT2D eigenvalue weighted by molar-refractivity contribution is 6.58. The molecule has 4 heterocycles. The van der Waals surface area contributed by atoms with Crippen molar-refractivity contribution in [2.45, 2.75) is 27.7 Å². The van der Waals surface area contributed by atoms with Crippen LogP contribution in [0.3, 0.4) is 0 Å². The molecule has 0 N–H and O–H groups in total. The highest BCUT2D eigenvalue weighted by Crippen LogP contribution is 2.43. The summed E-state index contributed by atoms with van der Waals surface area (Å²) in [4.78, 5) is 4.45. The van der Waals surface area contributed by atoms with E-state index in [9.17, 15) is 0 Å². The molecule has 0 saturated carbocycles. The summed E-state index contributed by atoms with van der Waals surface area (Å²) in [5.41, 5.74) is 5.47. The first-order valence-electron chi connectivity index (χ1n) is 8.02. The number of nitrogens with zero attached hydrogens (tertiary/aromatic N) is 3. The van der Waals surface area contributed by atoms with Gasteiger partial charge >= 0.3 is 6.97 Å². The fraction of sp³-hybridized carbons (Fsp3) is 0.222. The Bertz CT molecular complexity index is 966. The van der Waals surface area contributed by atoms with Crippen molar-refractivity contribution in [1.29, 1.82) is 0 Å². The van der Waals surface area contributed by atoms with Gasteiger partial charge in [0.25, 0.3) is 0 Å². The zero-order valence-electron chi connectivity index (χ0n) is 14.1. The van der Waals surface area contributed by atoms with Gasteiger partial charge in [-0.2, -0.15) is 0 Å². The molecule has 2 aliphatic rings. The van der Waals surface area contributed by atoms with Crippen LogP contribution in [-0.2, 0) is 0 Å². The lowest BCUT2D eigenvalue weighted by molar-refractivity contribution is -0.363. The van der Waals surface area contributed by atoms with E-state index in [0.717, 1.165) is 16.7 Å². The lowest BCUT2D eigenvalue weighted by Gasteiger charge is -2.33. The van der Waals surface area contributed by atoms with Gasteiger partial charge in [0.1, 0.15) is 5.71 Å². The number of halogens is 2. The van der Waals surface area contributed by atoms with Crippen LogP contribution in [0.25, 0.3) is 5.57 Å². The molecule has 0 atom stereocenters. The molecular formula is C18H18BF2N3. The topological polar surface area (TPSA) is 20.8 Å². The summed E-state index contributed by atoms with van der Waals surface area (Å²) in [6.07, 6.45) is 3.52. The van der Waals surface area contributed by atoms with Crippen molar-refractivity contribution in [1.82, 2.24) is 9.46 Å². The standard InChI is InChI=1S/C18H18BF2N3/c1-11-9-13(3)23-17(11)16(15-7-5-6-8-22-15)18-12(2)10-14(4)24(18)19(23,20)21/h5-10H,1-4H3. The summed E-state index contributed by atoms with van der Waals surface area (Å²) >= 11 is 0.